The Balaban J connectivity index is 0.000000461. The van der Waals surface area contributed by atoms with E-state index in [0.717, 1.165) is 13.0 Å². The zero-order chi connectivity index (χ0) is 8.69. The van der Waals surface area contributed by atoms with E-state index in [4.69, 9.17) is 0 Å². The van der Waals surface area contributed by atoms with Gasteiger partial charge in [-0.15, -0.1) is 0 Å². The van der Waals surface area contributed by atoms with Gasteiger partial charge in [0.1, 0.15) is 5.83 Å². The molecule has 0 bridgehead atoms. The molecule has 1 aliphatic heterocycles. The predicted molar refractivity (Wildman–Crippen MR) is 46.9 cm³/mol. The molecule has 0 aromatic rings. The third-order valence-corrected chi connectivity index (χ3v) is 1.27. The zero-order valence-corrected chi connectivity index (χ0v) is 7.47. The summed E-state index contributed by atoms with van der Waals surface area (Å²) >= 11 is 0. The molecule has 1 aliphatic rings. The number of hydrogen-bond acceptors (Lipinski definition) is 1. The molecule has 0 aliphatic carbocycles. The maximum atomic E-state index is 12.4. The van der Waals surface area contributed by atoms with Crippen LogP contribution in [0.15, 0.2) is 24.2 Å². The molecule has 0 N–H and O–H groups in total. The van der Waals surface area contributed by atoms with E-state index in [9.17, 15) is 4.39 Å². The minimum Gasteiger partial charge on any atom is -0.378 e. The van der Waals surface area contributed by atoms with Crippen LogP contribution >= 0.6 is 0 Å². The van der Waals surface area contributed by atoms with Crippen LogP contribution in [0.25, 0.3) is 0 Å². The van der Waals surface area contributed by atoms with Crippen LogP contribution in [0.3, 0.4) is 0 Å². The van der Waals surface area contributed by atoms with E-state index in [0.29, 0.717) is 0 Å². The van der Waals surface area contributed by atoms with Gasteiger partial charge < -0.3 is 4.90 Å². The highest BCUT2D eigenvalue weighted by Crippen LogP contribution is 2.05. The van der Waals surface area contributed by atoms with Crippen molar-refractivity contribution in [3.8, 4) is 0 Å². The van der Waals surface area contributed by atoms with Gasteiger partial charge in [-0.2, -0.15) is 0 Å². The Morgan fingerprint density at radius 2 is 2.09 bits per heavy atom. The van der Waals surface area contributed by atoms with E-state index in [1.54, 1.807) is 0 Å². The van der Waals surface area contributed by atoms with Crippen LogP contribution in [0, 0.1) is 0 Å². The normalized spacial score (nSPS) is 16.4. The fraction of sp³-hybridized carbons (Fsp3) is 0.556. The number of halogens is 1. The van der Waals surface area contributed by atoms with Gasteiger partial charge >= 0.3 is 0 Å². The molecular weight excluding hydrogens is 141 g/mol. The Kier molecular flexibility index (Phi) is 5.53. The minimum atomic E-state index is -0.157. The van der Waals surface area contributed by atoms with Crippen molar-refractivity contribution < 1.29 is 4.39 Å². The summed E-state index contributed by atoms with van der Waals surface area (Å²) in [6.07, 6.45) is 5.78. The van der Waals surface area contributed by atoms with Gasteiger partial charge in [-0.25, -0.2) is 4.39 Å². The summed E-state index contributed by atoms with van der Waals surface area (Å²) in [7, 11) is 1.87. The van der Waals surface area contributed by atoms with Crippen molar-refractivity contribution in [1.82, 2.24) is 4.90 Å². The first-order chi connectivity index (χ1) is 5.29. The van der Waals surface area contributed by atoms with Gasteiger partial charge in [-0.05, 0) is 12.5 Å². The fourth-order valence-corrected chi connectivity index (χ4v) is 0.792. The highest BCUT2D eigenvalue weighted by molar-refractivity contribution is 5.12. The van der Waals surface area contributed by atoms with E-state index in [1.807, 2.05) is 31.9 Å². The van der Waals surface area contributed by atoms with Crippen LogP contribution in [-0.2, 0) is 0 Å². The third-order valence-electron chi connectivity index (χ3n) is 1.27. The lowest BCUT2D eigenvalue weighted by Crippen LogP contribution is -2.10. The van der Waals surface area contributed by atoms with Crippen molar-refractivity contribution in [2.75, 3.05) is 13.6 Å². The Labute approximate surface area is 68.2 Å². The average Bonchev–Trinajstić information content (AvgIpc) is 2.18. The number of hydrogen-bond donors (Lipinski definition) is 0. The molecule has 1 heterocycles. The van der Waals surface area contributed by atoms with Crippen molar-refractivity contribution in [2.45, 2.75) is 20.3 Å². The van der Waals surface area contributed by atoms with Crippen LogP contribution in [0.4, 0.5) is 4.39 Å². The second-order valence-corrected chi connectivity index (χ2v) is 2.19. The summed E-state index contributed by atoms with van der Waals surface area (Å²) < 4.78 is 12.4. The molecule has 0 saturated carbocycles. The molecule has 0 amide bonds. The van der Waals surface area contributed by atoms with Gasteiger partial charge in [0.2, 0.25) is 0 Å². The zero-order valence-electron chi connectivity index (χ0n) is 7.47. The molecule has 1 rings (SSSR count). The van der Waals surface area contributed by atoms with E-state index in [2.05, 4.69) is 0 Å². The highest BCUT2D eigenvalue weighted by atomic mass is 19.1. The van der Waals surface area contributed by atoms with Crippen LogP contribution < -0.4 is 0 Å². The van der Waals surface area contributed by atoms with Gasteiger partial charge in [0.25, 0.3) is 0 Å². The molecule has 64 valence electrons. The van der Waals surface area contributed by atoms with Crippen LogP contribution in [-0.4, -0.2) is 18.5 Å². The summed E-state index contributed by atoms with van der Waals surface area (Å²) in [6, 6.07) is 0. The summed E-state index contributed by atoms with van der Waals surface area (Å²) in [5.74, 6) is -0.157. The fourth-order valence-electron chi connectivity index (χ4n) is 0.792. The molecule has 0 radical (unpaired) electrons. The first-order valence-corrected chi connectivity index (χ1v) is 4.03. The first kappa shape index (κ1) is 10.2. The van der Waals surface area contributed by atoms with Gasteiger partial charge in [0, 0.05) is 19.8 Å². The van der Waals surface area contributed by atoms with Crippen molar-refractivity contribution in [2.24, 2.45) is 0 Å². The smallest absolute Gasteiger partial charge is 0.138 e. The lowest BCUT2D eigenvalue weighted by Gasteiger charge is -2.09. The van der Waals surface area contributed by atoms with Crippen LogP contribution in [0.1, 0.15) is 20.3 Å². The van der Waals surface area contributed by atoms with Gasteiger partial charge in [-0.1, -0.05) is 19.9 Å². The second-order valence-electron chi connectivity index (χ2n) is 2.19. The first-order valence-electron chi connectivity index (χ1n) is 4.03. The Bertz CT molecular complexity index is 150. The van der Waals surface area contributed by atoms with Crippen molar-refractivity contribution in [1.29, 1.82) is 0 Å². The number of rotatable bonds is 0. The lowest BCUT2D eigenvalue weighted by molar-refractivity contribution is 0.454. The molecule has 2 heteroatoms. The molecule has 0 aromatic heterocycles. The van der Waals surface area contributed by atoms with E-state index >= 15 is 0 Å². The largest absolute Gasteiger partial charge is 0.378 e. The average molecular weight is 157 g/mol. The summed E-state index contributed by atoms with van der Waals surface area (Å²) in [5.41, 5.74) is 0. The molecule has 0 spiro atoms. The lowest BCUT2D eigenvalue weighted by atomic mass is 10.4. The molecule has 0 aromatic carbocycles. The quantitative estimate of drug-likeness (QED) is 0.522. The monoisotopic (exact) mass is 157 g/mol. The number of allylic oxidation sites excluding steroid dienone is 2. The summed E-state index contributed by atoms with van der Waals surface area (Å²) in [4.78, 5) is 1.84. The van der Waals surface area contributed by atoms with E-state index in [-0.39, 0.29) is 5.83 Å². The Hall–Kier alpha value is -0.790. The molecular formula is C9H16FN. The maximum Gasteiger partial charge on any atom is 0.138 e. The molecule has 0 saturated heterocycles. The van der Waals surface area contributed by atoms with E-state index in [1.165, 1.54) is 12.3 Å². The third kappa shape index (κ3) is 4.59. The van der Waals surface area contributed by atoms with Gasteiger partial charge in [0.15, 0.2) is 0 Å². The Morgan fingerprint density at radius 1 is 1.45 bits per heavy atom. The molecule has 11 heavy (non-hydrogen) atoms. The number of nitrogens with zero attached hydrogens (tertiary/aromatic N) is 1. The van der Waals surface area contributed by atoms with Crippen molar-refractivity contribution in [3.63, 3.8) is 0 Å². The maximum absolute atomic E-state index is 12.4. The Morgan fingerprint density at radius 3 is 2.73 bits per heavy atom. The standard InChI is InChI=1S/C7H10FN.C2H6/c1-9-5-3-2-4-7(8)6-9;1-2/h2,4,6H,3,5H2,1H3;1-2H3. The van der Waals surface area contributed by atoms with Gasteiger partial charge in [0.05, 0.1) is 0 Å². The summed E-state index contributed by atoms with van der Waals surface area (Å²) in [6.45, 7) is 4.91. The molecule has 0 atom stereocenters. The molecule has 1 nitrogen and oxygen atoms in total. The minimum absolute atomic E-state index is 0.157. The van der Waals surface area contributed by atoms with Crippen molar-refractivity contribution in [3.05, 3.63) is 24.2 Å². The molecule has 0 unspecified atom stereocenters. The second kappa shape index (κ2) is 5.96. The van der Waals surface area contributed by atoms with Crippen LogP contribution in [0.2, 0.25) is 0 Å². The molecule has 0 fully saturated rings. The van der Waals surface area contributed by atoms with Gasteiger partial charge in [-0.3, -0.25) is 0 Å². The van der Waals surface area contributed by atoms with Crippen LogP contribution in [0.5, 0.6) is 0 Å². The summed E-state index contributed by atoms with van der Waals surface area (Å²) in [5, 5.41) is 0. The van der Waals surface area contributed by atoms with E-state index < -0.39 is 0 Å². The topological polar surface area (TPSA) is 3.24 Å². The van der Waals surface area contributed by atoms with Crippen molar-refractivity contribution >= 4 is 0 Å². The highest BCUT2D eigenvalue weighted by Gasteiger charge is 1.96. The SMILES string of the molecule is CC.CN1C=C(F)C=CCC1. The predicted octanol–water partition coefficient (Wildman–Crippen LogP) is 2.72.